The molecule has 90 valence electrons. The molecule has 1 atom stereocenters. The highest BCUT2D eigenvalue weighted by Crippen LogP contribution is 2.12. The number of carbonyl (C=O) groups is 1. The highest BCUT2D eigenvalue weighted by Gasteiger charge is 2.30. The Labute approximate surface area is 97.0 Å². The van der Waals surface area contributed by atoms with Gasteiger partial charge in [-0.15, -0.1) is 0 Å². The number of thioether (sulfide) groups is 1. The largest absolute Gasteiger partial charge is 0.480 e. The fourth-order valence-electron chi connectivity index (χ4n) is 1.51. The minimum absolute atomic E-state index is 0.685. The topological polar surface area (TPSA) is 49.3 Å². The van der Waals surface area contributed by atoms with Gasteiger partial charge in [0.15, 0.2) is 0 Å². The monoisotopic (exact) mass is 233 g/mol. The van der Waals surface area contributed by atoms with Crippen LogP contribution in [0, 0.1) is 0 Å². The number of aliphatic carboxylic acids is 1. The molecule has 0 radical (unpaired) electrons. The zero-order chi connectivity index (χ0) is 11.7. The van der Waals surface area contributed by atoms with Gasteiger partial charge in [-0.05, 0) is 44.7 Å². The fourth-order valence-corrected chi connectivity index (χ4v) is 2.00. The van der Waals surface area contributed by atoms with Crippen LogP contribution in [0.1, 0.15) is 39.5 Å². The molecule has 0 aromatic carbocycles. The third-order valence-electron chi connectivity index (χ3n) is 2.51. The van der Waals surface area contributed by atoms with Gasteiger partial charge < -0.3 is 10.4 Å². The molecule has 0 saturated carbocycles. The highest BCUT2D eigenvalue weighted by molar-refractivity contribution is 7.98. The number of unbranched alkanes of at least 4 members (excludes halogenated alkanes) is 1. The molecule has 0 saturated heterocycles. The van der Waals surface area contributed by atoms with Crippen LogP contribution in [0.15, 0.2) is 0 Å². The molecule has 0 fully saturated rings. The first-order chi connectivity index (χ1) is 7.06. The molecule has 0 aromatic heterocycles. The number of carboxylic acid groups (broad SMARTS) is 1. The van der Waals surface area contributed by atoms with Crippen molar-refractivity contribution in [2.45, 2.75) is 45.1 Å². The van der Waals surface area contributed by atoms with Crippen LogP contribution in [-0.4, -0.2) is 35.2 Å². The maximum Gasteiger partial charge on any atom is 0.323 e. The lowest BCUT2D eigenvalue weighted by atomic mass is 9.96. The van der Waals surface area contributed by atoms with Gasteiger partial charge >= 0.3 is 5.97 Å². The summed E-state index contributed by atoms with van der Waals surface area (Å²) in [5.74, 6) is 0.411. The summed E-state index contributed by atoms with van der Waals surface area (Å²) in [6.07, 6.45) is 5.86. The van der Waals surface area contributed by atoms with E-state index in [1.165, 1.54) is 0 Å². The second-order valence-electron chi connectivity index (χ2n) is 4.01. The van der Waals surface area contributed by atoms with E-state index in [4.69, 9.17) is 5.11 Å². The molecule has 0 aliphatic rings. The molecule has 0 aromatic rings. The van der Waals surface area contributed by atoms with Crippen molar-refractivity contribution in [1.82, 2.24) is 5.32 Å². The van der Waals surface area contributed by atoms with Gasteiger partial charge in [-0.25, -0.2) is 0 Å². The Hall–Kier alpha value is -0.220. The van der Waals surface area contributed by atoms with Gasteiger partial charge in [-0.3, -0.25) is 4.79 Å². The van der Waals surface area contributed by atoms with Gasteiger partial charge in [0.25, 0.3) is 0 Å². The summed E-state index contributed by atoms with van der Waals surface area (Å²) < 4.78 is 0. The van der Waals surface area contributed by atoms with E-state index >= 15 is 0 Å². The molecule has 1 unspecified atom stereocenters. The van der Waals surface area contributed by atoms with Crippen LogP contribution in [0.3, 0.4) is 0 Å². The predicted octanol–water partition coefficient (Wildman–Crippen LogP) is 2.36. The van der Waals surface area contributed by atoms with Gasteiger partial charge in [-0.2, -0.15) is 11.8 Å². The van der Waals surface area contributed by atoms with Crippen LogP contribution in [0.5, 0.6) is 0 Å². The van der Waals surface area contributed by atoms with E-state index < -0.39 is 11.5 Å². The first-order valence-electron chi connectivity index (χ1n) is 5.54. The van der Waals surface area contributed by atoms with Crippen molar-refractivity contribution < 1.29 is 9.90 Å². The minimum Gasteiger partial charge on any atom is -0.480 e. The Morgan fingerprint density at radius 3 is 2.60 bits per heavy atom. The molecule has 0 bridgehead atoms. The quantitative estimate of drug-likeness (QED) is 0.600. The zero-order valence-electron chi connectivity index (χ0n) is 10.0. The van der Waals surface area contributed by atoms with Crippen molar-refractivity contribution in [3.63, 3.8) is 0 Å². The Morgan fingerprint density at radius 1 is 1.47 bits per heavy atom. The standard InChI is InChI=1S/C11H23NO2S/c1-4-7-11(2,10(13)14)12-8-5-6-9-15-3/h12H,4-9H2,1-3H3,(H,13,14). The molecule has 0 amide bonds. The van der Waals surface area contributed by atoms with E-state index in [0.29, 0.717) is 6.42 Å². The van der Waals surface area contributed by atoms with Crippen molar-refractivity contribution in [3.05, 3.63) is 0 Å². The van der Waals surface area contributed by atoms with Crippen molar-refractivity contribution >= 4 is 17.7 Å². The van der Waals surface area contributed by atoms with E-state index in [9.17, 15) is 4.79 Å². The van der Waals surface area contributed by atoms with Crippen LogP contribution >= 0.6 is 11.8 Å². The summed E-state index contributed by atoms with van der Waals surface area (Å²) in [6, 6.07) is 0. The average Bonchev–Trinajstić information content (AvgIpc) is 2.18. The molecule has 0 aliphatic carbocycles. The number of carboxylic acids is 1. The average molecular weight is 233 g/mol. The van der Waals surface area contributed by atoms with Crippen LogP contribution in [0.2, 0.25) is 0 Å². The van der Waals surface area contributed by atoms with Crippen molar-refractivity contribution in [2.75, 3.05) is 18.6 Å². The van der Waals surface area contributed by atoms with E-state index in [0.717, 1.165) is 31.6 Å². The number of nitrogens with one attached hydrogen (secondary N) is 1. The normalized spacial score (nSPS) is 14.9. The molecule has 2 N–H and O–H groups in total. The summed E-state index contributed by atoms with van der Waals surface area (Å²) >= 11 is 1.83. The Bertz CT molecular complexity index is 187. The second-order valence-corrected chi connectivity index (χ2v) is 5.00. The lowest BCUT2D eigenvalue weighted by Gasteiger charge is -2.25. The van der Waals surface area contributed by atoms with E-state index in [1.807, 2.05) is 18.7 Å². The van der Waals surface area contributed by atoms with E-state index in [2.05, 4.69) is 11.6 Å². The molecular formula is C11H23NO2S. The smallest absolute Gasteiger partial charge is 0.323 e. The summed E-state index contributed by atoms with van der Waals surface area (Å²) in [7, 11) is 0. The van der Waals surface area contributed by atoms with Crippen LogP contribution in [0.25, 0.3) is 0 Å². The van der Waals surface area contributed by atoms with Gasteiger partial charge in [-0.1, -0.05) is 13.3 Å². The predicted molar refractivity (Wildman–Crippen MR) is 66.6 cm³/mol. The molecule has 0 spiro atoms. The molecule has 15 heavy (non-hydrogen) atoms. The van der Waals surface area contributed by atoms with Crippen LogP contribution < -0.4 is 5.32 Å². The molecule has 0 heterocycles. The summed E-state index contributed by atoms with van der Waals surface area (Å²) in [5, 5.41) is 12.2. The first-order valence-corrected chi connectivity index (χ1v) is 6.93. The van der Waals surface area contributed by atoms with Crippen molar-refractivity contribution in [2.24, 2.45) is 0 Å². The molecule has 4 heteroatoms. The third kappa shape index (κ3) is 6.05. The first kappa shape index (κ1) is 14.8. The third-order valence-corrected chi connectivity index (χ3v) is 3.21. The number of hydrogen-bond donors (Lipinski definition) is 2. The maximum absolute atomic E-state index is 11.1. The lowest BCUT2D eigenvalue weighted by Crippen LogP contribution is -2.49. The second kappa shape index (κ2) is 7.99. The molecule has 3 nitrogen and oxygen atoms in total. The molecular weight excluding hydrogens is 210 g/mol. The summed E-state index contributed by atoms with van der Waals surface area (Å²) in [6.45, 7) is 4.58. The van der Waals surface area contributed by atoms with Gasteiger partial charge in [0, 0.05) is 0 Å². The van der Waals surface area contributed by atoms with Gasteiger partial charge in [0.1, 0.15) is 5.54 Å². The van der Waals surface area contributed by atoms with E-state index in [-0.39, 0.29) is 0 Å². The minimum atomic E-state index is -0.742. The summed E-state index contributed by atoms with van der Waals surface area (Å²) in [4.78, 5) is 11.1. The molecule has 0 aliphatic heterocycles. The fraction of sp³-hybridized carbons (Fsp3) is 0.909. The van der Waals surface area contributed by atoms with Crippen LogP contribution in [0.4, 0.5) is 0 Å². The summed E-state index contributed by atoms with van der Waals surface area (Å²) in [5.41, 5.74) is -0.742. The maximum atomic E-state index is 11.1. The molecule has 0 rings (SSSR count). The van der Waals surface area contributed by atoms with Crippen molar-refractivity contribution in [3.8, 4) is 0 Å². The number of hydrogen-bond acceptors (Lipinski definition) is 3. The number of rotatable bonds is 9. The SMILES string of the molecule is CCCC(C)(NCCCCSC)C(=O)O. The van der Waals surface area contributed by atoms with Gasteiger partial charge in [0.2, 0.25) is 0 Å². The van der Waals surface area contributed by atoms with E-state index in [1.54, 1.807) is 6.92 Å². The Kier molecular flexibility index (Phi) is 7.88. The Balaban J connectivity index is 3.81. The van der Waals surface area contributed by atoms with Crippen molar-refractivity contribution in [1.29, 1.82) is 0 Å². The zero-order valence-corrected chi connectivity index (χ0v) is 10.8. The Morgan fingerprint density at radius 2 is 2.13 bits per heavy atom. The lowest BCUT2D eigenvalue weighted by molar-refractivity contribution is -0.144. The van der Waals surface area contributed by atoms with Gasteiger partial charge in [0.05, 0.1) is 0 Å². The van der Waals surface area contributed by atoms with Crippen LogP contribution in [-0.2, 0) is 4.79 Å². The highest BCUT2D eigenvalue weighted by atomic mass is 32.2.